The minimum atomic E-state index is -0.259. The van der Waals surface area contributed by atoms with E-state index in [9.17, 15) is 9.59 Å². The van der Waals surface area contributed by atoms with Gasteiger partial charge in [-0.3, -0.25) is 19.4 Å². The average molecular weight is 376 g/mol. The lowest BCUT2D eigenvalue weighted by Gasteiger charge is -2.17. The molecule has 7 heteroatoms. The van der Waals surface area contributed by atoms with E-state index < -0.39 is 0 Å². The van der Waals surface area contributed by atoms with E-state index in [4.69, 9.17) is 10.6 Å². The van der Waals surface area contributed by atoms with Crippen molar-refractivity contribution in [1.82, 2.24) is 10.0 Å². The minimum Gasteiger partial charge on any atom is -0.397 e. The number of benzene rings is 2. The number of para-hydroxylation sites is 2. The lowest BCUT2D eigenvalue weighted by atomic mass is 10.1. The Hall–Kier alpha value is -3.71. The molecule has 0 spiro atoms. The topological polar surface area (TPSA) is 97.6 Å². The lowest BCUT2D eigenvalue weighted by molar-refractivity contribution is -0.181. The van der Waals surface area contributed by atoms with Crippen LogP contribution in [0.1, 0.15) is 21.5 Å². The molecule has 0 fully saturated rings. The molecule has 3 rings (SSSR count). The molecule has 2 amide bonds. The predicted molar refractivity (Wildman–Crippen MR) is 106 cm³/mol. The molecule has 0 saturated heterocycles. The van der Waals surface area contributed by atoms with Crippen molar-refractivity contribution in [3.8, 4) is 0 Å². The fourth-order valence-corrected chi connectivity index (χ4v) is 2.50. The zero-order valence-corrected chi connectivity index (χ0v) is 15.1. The van der Waals surface area contributed by atoms with Crippen LogP contribution in [0.25, 0.3) is 0 Å². The molecule has 28 heavy (non-hydrogen) atoms. The van der Waals surface area contributed by atoms with Gasteiger partial charge in [0.2, 0.25) is 6.41 Å². The molecule has 3 N–H and O–H groups in total. The van der Waals surface area contributed by atoms with Gasteiger partial charge < -0.3 is 11.1 Å². The van der Waals surface area contributed by atoms with Gasteiger partial charge in [0.05, 0.1) is 17.9 Å². The number of hydroxylamine groups is 2. The van der Waals surface area contributed by atoms with Crippen LogP contribution in [0.4, 0.5) is 11.4 Å². The number of nitrogens with zero attached hydrogens (tertiary/aromatic N) is 2. The number of hydrogen-bond donors (Lipinski definition) is 2. The molecule has 0 unspecified atom stereocenters. The summed E-state index contributed by atoms with van der Waals surface area (Å²) in [6.07, 6.45) is 3.95. The van der Waals surface area contributed by atoms with Gasteiger partial charge in [-0.25, -0.2) is 5.06 Å². The van der Waals surface area contributed by atoms with Crippen molar-refractivity contribution >= 4 is 23.7 Å². The third-order valence-electron chi connectivity index (χ3n) is 4.03. The summed E-state index contributed by atoms with van der Waals surface area (Å²) in [6, 6.07) is 17.6. The van der Waals surface area contributed by atoms with Crippen LogP contribution in [0.3, 0.4) is 0 Å². The van der Waals surface area contributed by atoms with Gasteiger partial charge in [0.25, 0.3) is 5.91 Å². The summed E-state index contributed by atoms with van der Waals surface area (Å²) in [6.45, 7) is 0.530. The van der Waals surface area contributed by atoms with Crippen molar-refractivity contribution in [2.75, 3.05) is 11.1 Å². The Balaban J connectivity index is 1.57. The van der Waals surface area contributed by atoms with Crippen LogP contribution >= 0.6 is 0 Å². The number of carbonyl (C=O) groups is 2. The number of anilines is 2. The highest BCUT2D eigenvalue weighted by Gasteiger charge is 2.09. The summed E-state index contributed by atoms with van der Waals surface area (Å²) in [4.78, 5) is 33.0. The molecule has 0 aliphatic heterocycles. The second-order valence-electron chi connectivity index (χ2n) is 6.05. The zero-order chi connectivity index (χ0) is 19.8. The van der Waals surface area contributed by atoms with E-state index in [1.54, 1.807) is 60.9 Å². The Morgan fingerprint density at radius 3 is 2.43 bits per heavy atom. The van der Waals surface area contributed by atoms with E-state index in [2.05, 4.69) is 10.3 Å². The number of rotatable bonds is 8. The summed E-state index contributed by atoms with van der Waals surface area (Å²) >= 11 is 0. The van der Waals surface area contributed by atoms with E-state index in [-0.39, 0.29) is 19.1 Å². The van der Waals surface area contributed by atoms with Crippen LogP contribution in [-0.2, 0) is 22.8 Å². The fourth-order valence-electron chi connectivity index (χ4n) is 2.50. The smallest absolute Gasteiger partial charge is 0.255 e. The summed E-state index contributed by atoms with van der Waals surface area (Å²) in [5.41, 5.74) is 9.14. The first kappa shape index (κ1) is 19.1. The van der Waals surface area contributed by atoms with Gasteiger partial charge >= 0.3 is 0 Å². The molecule has 1 aromatic heterocycles. The van der Waals surface area contributed by atoms with Gasteiger partial charge in [0, 0.05) is 18.0 Å². The van der Waals surface area contributed by atoms with Crippen LogP contribution < -0.4 is 11.1 Å². The third kappa shape index (κ3) is 5.15. The fraction of sp³-hybridized carbons (Fsp3) is 0.0952. The summed E-state index contributed by atoms with van der Waals surface area (Å²) in [7, 11) is 0. The average Bonchev–Trinajstić information content (AvgIpc) is 2.74. The first-order valence-corrected chi connectivity index (χ1v) is 8.64. The van der Waals surface area contributed by atoms with Crippen molar-refractivity contribution in [1.29, 1.82) is 0 Å². The van der Waals surface area contributed by atoms with E-state index in [1.165, 1.54) is 5.06 Å². The van der Waals surface area contributed by atoms with Gasteiger partial charge in [-0.15, -0.1) is 0 Å². The molecule has 0 aliphatic rings. The van der Waals surface area contributed by atoms with E-state index in [0.717, 1.165) is 11.1 Å². The molecule has 3 aromatic rings. The Bertz CT molecular complexity index is 930. The normalized spacial score (nSPS) is 10.3. The summed E-state index contributed by atoms with van der Waals surface area (Å²) < 4.78 is 0. The molecule has 7 nitrogen and oxygen atoms in total. The second-order valence-corrected chi connectivity index (χ2v) is 6.05. The Kier molecular flexibility index (Phi) is 6.33. The lowest BCUT2D eigenvalue weighted by Crippen LogP contribution is -2.21. The quantitative estimate of drug-likeness (QED) is 0.358. The van der Waals surface area contributed by atoms with Crippen molar-refractivity contribution < 1.29 is 14.4 Å². The number of amides is 2. The number of nitrogen functional groups attached to an aromatic ring is 1. The first-order chi connectivity index (χ1) is 13.7. The van der Waals surface area contributed by atoms with Crippen LogP contribution in [-0.4, -0.2) is 22.4 Å². The third-order valence-corrected chi connectivity index (χ3v) is 4.03. The van der Waals surface area contributed by atoms with Crippen LogP contribution in [0, 0.1) is 0 Å². The molecule has 0 aliphatic carbocycles. The van der Waals surface area contributed by atoms with Crippen molar-refractivity contribution in [2.24, 2.45) is 0 Å². The maximum atomic E-state index is 12.4. The van der Waals surface area contributed by atoms with E-state index >= 15 is 0 Å². The van der Waals surface area contributed by atoms with E-state index in [0.29, 0.717) is 23.3 Å². The number of nitrogens with two attached hydrogens (primary N) is 1. The predicted octanol–water partition coefficient (Wildman–Crippen LogP) is 3.01. The highest BCUT2D eigenvalue weighted by Crippen LogP contribution is 2.18. The van der Waals surface area contributed by atoms with Crippen LogP contribution in [0.5, 0.6) is 0 Å². The molecular weight excluding hydrogens is 356 g/mol. The molecule has 142 valence electrons. The van der Waals surface area contributed by atoms with Gasteiger partial charge in [-0.1, -0.05) is 24.3 Å². The largest absolute Gasteiger partial charge is 0.397 e. The molecule has 1 heterocycles. The maximum Gasteiger partial charge on any atom is 0.255 e. The van der Waals surface area contributed by atoms with Gasteiger partial charge in [0.1, 0.15) is 6.61 Å². The maximum absolute atomic E-state index is 12.4. The van der Waals surface area contributed by atoms with Crippen molar-refractivity contribution in [2.45, 2.75) is 13.2 Å². The highest BCUT2D eigenvalue weighted by atomic mass is 16.7. The number of pyridine rings is 1. The Morgan fingerprint density at radius 1 is 1.04 bits per heavy atom. The van der Waals surface area contributed by atoms with Gasteiger partial charge in [0.15, 0.2) is 0 Å². The molecular formula is C21H20N4O3. The molecule has 2 aromatic carbocycles. The number of hydrogen-bond acceptors (Lipinski definition) is 5. The standard InChI is InChI=1S/C21H20N4O3/c22-19-3-1-2-4-20(19)24-21(27)18-7-5-16(6-8-18)13-25(15-26)28-14-17-9-11-23-12-10-17/h1-12,15H,13-14,22H2,(H,24,27). The zero-order valence-electron chi connectivity index (χ0n) is 15.1. The van der Waals surface area contributed by atoms with Crippen molar-refractivity contribution in [3.63, 3.8) is 0 Å². The summed E-state index contributed by atoms with van der Waals surface area (Å²) in [5, 5.41) is 3.98. The van der Waals surface area contributed by atoms with Crippen LogP contribution in [0.2, 0.25) is 0 Å². The number of nitrogens with one attached hydrogen (secondary N) is 1. The van der Waals surface area contributed by atoms with Crippen molar-refractivity contribution in [3.05, 3.63) is 89.7 Å². The first-order valence-electron chi connectivity index (χ1n) is 8.64. The van der Waals surface area contributed by atoms with Crippen LogP contribution in [0.15, 0.2) is 73.1 Å². The Labute approximate surface area is 162 Å². The number of carbonyl (C=O) groups excluding carboxylic acids is 2. The Morgan fingerprint density at radius 2 is 1.75 bits per heavy atom. The molecule has 0 radical (unpaired) electrons. The molecule has 0 saturated carbocycles. The SMILES string of the molecule is Nc1ccccc1NC(=O)c1ccc(CN(C=O)OCc2ccncc2)cc1. The van der Waals surface area contributed by atoms with Gasteiger partial charge in [-0.2, -0.15) is 0 Å². The molecule has 0 atom stereocenters. The monoisotopic (exact) mass is 376 g/mol. The molecule has 0 bridgehead atoms. The highest BCUT2D eigenvalue weighted by molar-refractivity contribution is 6.05. The minimum absolute atomic E-state index is 0.259. The van der Waals surface area contributed by atoms with E-state index in [1.807, 2.05) is 12.1 Å². The van der Waals surface area contributed by atoms with Gasteiger partial charge in [-0.05, 0) is 47.5 Å². The summed E-state index contributed by atoms with van der Waals surface area (Å²) in [5.74, 6) is -0.259. The number of aromatic nitrogens is 1. The second kappa shape index (κ2) is 9.29.